The van der Waals surface area contributed by atoms with Crippen molar-refractivity contribution < 1.29 is 10.2 Å². The van der Waals surface area contributed by atoms with Crippen molar-refractivity contribution in [3.05, 3.63) is 35.9 Å². The molecular formula is C9H11O2. The van der Waals surface area contributed by atoms with Gasteiger partial charge in [-0.3, -0.25) is 0 Å². The van der Waals surface area contributed by atoms with Crippen LogP contribution >= 0.6 is 0 Å². The van der Waals surface area contributed by atoms with Crippen LogP contribution in [0.2, 0.25) is 0 Å². The molecule has 59 valence electrons. The molecule has 1 unspecified atom stereocenters. The van der Waals surface area contributed by atoms with Gasteiger partial charge in [0.2, 0.25) is 0 Å². The van der Waals surface area contributed by atoms with E-state index in [2.05, 4.69) is 0 Å². The van der Waals surface area contributed by atoms with Gasteiger partial charge in [-0.1, -0.05) is 30.3 Å². The third-order valence-electron chi connectivity index (χ3n) is 1.51. The van der Waals surface area contributed by atoms with Crippen molar-refractivity contribution in [1.82, 2.24) is 0 Å². The average Bonchev–Trinajstić information content (AvgIpc) is 2.06. The van der Waals surface area contributed by atoms with Gasteiger partial charge in [0, 0.05) is 6.42 Å². The van der Waals surface area contributed by atoms with Gasteiger partial charge in [0.15, 0.2) is 0 Å². The molecule has 0 aliphatic carbocycles. The number of aliphatic hydroxyl groups is 1. The lowest BCUT2D eigenvalue weighted by molar-refractivity contribution is 0.0357. The molecule has 1 N–H and O–H groups in total. The predicted octanol–water partition coefficient (Wildman–Crippen LogP) is 1.02. The molecule has 0 saturated carbocycles. The van der Waals surface area contributed by atoms with Crippen molar-refractivity contribution in [1.29, 1.82) is 0 Å². The van der Waals surface area contributed by atoms with Gasteiger partial charge in [-0.15, -0.1) is 0 Å². The summed E-state index contributed by atoms with van der Waals surface area (Å²) in [7, 11) is 0. The summed E-state index contributed by atoms with van der Waals surface area (Å²) in [6.45, 7) is -0.283. The molecule has 0 heterocycles. The first-order valence-corrected chi connectivity index (χ1v) is 3.63. The zero-order chi connectivity index (χ0) is 8.10. The number of rotatable bonds is 3. The molecular weight excluding hydrogens is 140 g/mol. The van der Waals surface area contributed by atoms with Crippen LogP contribution in [-0.2, 0) is 11.5 Å². The summed E-state index contributed by atoms with van der Waals surface area (Å²) >= 11 is 0. The van der Waals surface area contributed by atoms with E-state index >= 15 is 0 Å². The van der Waals surface area contributed by atoms with E-state index in [1.807, 2.05) is 30.3 Å². The Balaban J connectivity index is 2.51. The summed E-state index contributed by atoms with van der Waals surface area (Å²) in [5.74, 6) is 0. The molecule has 0 spiro atoms. The lowest BCUT2D eigenvalue weighted by atomic mass is 10.1. The Morgan fingerprint density at radius 1 is 1.27 bits per heavy atom. The van der Waals surface area contributed by atoms with Crippen LogP contribution in [-0.4, -0.2) is 17.8 Å². The molecule has 11 heavy (non-hydrogen) atoms. The maximum Gasteiger partial charge on any atom is 0.120 e. The van der Waals surface area contributed by atoms with Gasteiger partial charge in [-0.2, -0.15) is 0 Å². The third-order valence-corrected chi connectivity index (χ3v) is 1.51. The first-order chi connectivity index (χ1) is 5.33. The number of hydrogen-bond donors (Lipinski definition) is 1. The summed E-state index contributed by atoms with van der Waals surface area (Å²) in [6, 6.07) is 9.46. The summed E-state index contributed by atoms with van der Waals surface area (Å²) in [6.07, 6.45) is -0.463. The average molecular weight is 151 g/mol. The zero-order valence-corrected chi connectivity index (χ0v) is 6.23. The molecule has 0 aliphatic rings. The highest BCUT2D eigenvalue weighted by Crippen LogP contribution is 2.02. The van der Waals surface area contributed by atoms with Crippen molar-refractivity contribution in [2.24, 2.45) is 0 Å². The van der Waals surface area contributed by atoms with Crippen LogP contribution in [0.3, 0.4) is 0 Å². The van der Waals surface area contributed by atoms with E-state index in [1.54, 1.807) is 0 Å². The Morgan fingerprint density at radius 2 is 1.91 bits per heavy atom. The molecule has 0 fully saturated rings. The van der Waals surface area contributed by atoms with E-state index in [0.717, 1.165) is 5.56 Å². The fourth-order valence-electron chi connectivity index (χ4n) is 0.942. The normalized spacial score (nSPS) is 12.9. The minimum Gasteiger partial charge on any atom is -0.394 e. The van der Waals surface area contributed by atoms with Crippen molar-refractivity contribution in [3.8, 4) is 0 Å². The predicted molar refractivity (Wildman–Crippen MR) is 41.7 cm³/mol. The van der Waals surface area contributed by atoms with E-state index in [9.17, 15) is 5.11 Å². The molecule has 0 amide bonds. The smallest absolute Gasteiger partial charge is 0.120 e. The van der Waals surface area contributed by atoms with Crippen LogP contribution in [0.1, 0.15) is 5.56 Å². The molecule has 1 radical (unpaired) electrons. The maximum atomic E-state index is 10.8. The lowest BCUT2D eigenvalue weighted by Gasteiger charge is -2.03. The fraction of sp³-hybridized carbons (Fsp3) is 0.333. The molecule has 1 atom stereocenters. The van der Waals surface area contributed by atoms with Gasteiger partial charge < -0.3 is 5.11 Å². The summed E-state index contributed by atoms with van der Waals surface area (Å²) in [4.78, 5) is 0. The SMILES string of the molecule is [O]C(CO)Cc1ccccc1. The molecule has 1 rings (SSSR count). The summed E-state index contributed by atoms with van der Waals surface area (Å²) in [5, 5.41) is 19.3. The molecule has 0 saturated heterocycles. The van der Waals surface area contributed by atoms with Crippen LogP contribution in [0.25, 0.3) is 0 Å². The van der Waals surface area contributed by atoms with E-state index in [-0.39, 0.29) is 6.61 Å². The first-order valence-electron chi connectivity index (χ1n) is 3.63. The molecule has 0 bridgehead atoms. The van der Waals surface area contributed by atoms with Crippen molar-refractivity contribution in [2.75, 3.05) is 6.61 Å². The first kappa shape index (κ1) is 8.24. The van der Waals surface area contributed by atoms with Gasteiger partial charge in [-0.25, -0.2) is 5.11 Å². The molecule has 0 aromatic heterocycles. The molecule has 2 heteroatoms. The maximum absolute atomic E-state index is 10.8. The topological polar surface area (TPSA) is 40.1 Å². The van der Waals surface area contributed by atoms with E-state index in [0.29, 0.717) is 6.42 Å². The number of benzene rings is 1. The monoisotopic (exact) mass is 151 g/mol. The molecule has 0 aliphatic heterocycles. The summed E-state index contributed by atoms with van der Waals surface area (Å²) < 4.78 is 0. The van der Waals surface area contributed by atoms with Crippen LogP contribution in [0, 0.1) is 0 Å². The van der Waals surface area contributed by atoms with E-state index < -0.39 is 6.10 Å². The second-order valence-electron chi connectivity index (χ2n) is 2.49. The Bertz CT molecular complexity index is 196. The third kappa shape index (κ3) is 2.70. The van der Waals surface area contributed by atoms with Gasteiger partial charge in [0.25, 0.3) is 0 Å². The summed E-state index contributed by atoms with van der Waals surface area (Å²) in [5.41, 5.74) is 0.988. The number of aliphatic hydroxyl groups excluding tert-OH is 1. The highest BCUT2D eigenvalue weighted by atomic mass is 16.3. The van der Waals surface area contributed by atoms with Crippen LogP contribution in [0.15, 0.2) is 30.3 Å². The minimum absolute atomic E-state index is 0.283. The molecule has 2 nitrogen and oxygen atoms in total. The highest BCUT2D eigenvalue weighted by Gasteiger charge is 2.03. The van der Waals surface area contributed by atoms with Gasteiger partial charge in [0.05, 0.1) is 6.61 Å². The van der Waals surface area contributed by atoms with Crippen molar-refractivity contribution >= 4 is 0 Å². The highest BCUT2D eigenvalue weighted by molar-refractivity contribution is 5.15. The second-order valence-corrected chi connectivity index (χ2v) is 2.49. The quantitative estimate of drug-likeness (QED) is 0.688. The van der Waals surface area contributed by atoms with Crippen molar-refractivity contribution in [2.45, 2.75) is 12.5 Å². The Labute approximate surface area is 66.1 Å². The Morgan fingerprint density at radius 3 is 2.45 bits per heavy atom. The van der Waals surface area contributed by atoms with Crippen LogP contribution < -0.4 is 0 Å². The van der Waals surface area contributed by atoms with Crippen LogP contribution in [0.5, 0.6) is 0 Å². The molecule has 1 aromatic rings. The van der Waals surface area contributed by atoms with Crippen molar-refractivity contribution in [3.63, 3.8) is 0 Å². The second kappa shape index (κ2) is 4.11. The van der Waals surface area contributed by atoms with Gasteiger partial charge >= 0.3 is 0 Å². The van der Waals surface area contributed by atoms with E-state index in [4.69, 9.17) is 5.11 Å². The van der Waals surface area contributed by atoms with Crippen LogP contribution in [0.4, 0.5) is 0 Å². The zero-order valence-electron chi connectivity index (χ0n) is 6.23. The van der Waals surface area contributed by atoms with Gasteiger partial charge in [-0.05, 0) is 5.56 Å². The fourth-order valence-corrected chi connectivity index (χ4v) is 0.942. The Hall–Kier alpha value is -0.860. The van der Waals surface area contributed by atoms with Gasteiger partial charge in [0.1, 0.15) is 6.10 Å². The van der Waals surface area contributed by atoms with E-state index in [1.165, 1.54) is 0 Å². The lowest BCUT2D eigenvalue weighted by Crippen LogP contribution is -2.13. The standard InChI is InChI=1S/C9H11O2/c10-7-9(11)6-8-4-2-1-3-5-8/h1-5,9-10H,6-7H2. The molecule has 1 aromatic carbocycles. The number of hydrogen-bond acceptors (Lipinski definition) is 1. The largest absolute Gasteiger partial charge is 0.394 e. The minimum atomic E-state index is -0.877. The Kier molecular flexibility index (Phi) is 3.08.